The Kier molecular flexibility index (Phi) is 4.59. The van der Waals surface area contributed by atoms with Crippen molar-refractivity contribution in [3.8, 4) is 0 Å². The van der Waals surface area contributed by atoms with Crippen LogP contribution < -0.4 is 5.32 Å². The van der Waals surface area contributed by atoms with Crippen LogP contribution in [0.5, 0.6) is 0 Å². The van der Waals surface area contributed by atoms with Crippen molar-refractivity contribution in [2.45, 2.75) is 51.6 Å². The lowest BCUT2D eigenvalue weighted by Crippen LogP contribution is -2.30. The minimum Gasteiger partial charge on any atom is -0.481 e. The van der Waals surface area contributed by atoms with E-state index >= 15 is 0 Å². The number of carbonyl (C=O) groups is 1. The van der Waals surface area contributed by atoms with E-state index in [-0.39, 0.29) is 0 Å². The first kappa shape index (κ1) is 14.1. The molecule has 0 heterocycles. The van der Waals surface area contributed by atoms with Gasteiger partial charge in [0, 0.05) is 12.6 Å². The first-order chi connectivity index (χ1) is 9.08. The van der Waals surface area contributed by atoms with Crippen LogP contribution in [0.2, 0.25) is 0 Å². The zero-order chi connectivity index (χ0) is 13.8. The van der Waals surface area contributed by atoms with Crippen LogP contribution >= 0.6 is 0 Å². The van der Waals surface area contributed by atoms with Crippen LogP contribution in [-0.2, 0) is 11.3 Å². The fraction of sp³-hybridized carbons (Fsp3) is 0.562. The zero-order valence-electron chi connectivity index (χ0n) is 11.7. The molecular formula is C16H23NO2. The molecule has 0 aromatic heterocycles. The van der Waals surface area contributed by atoms with Crippen molar-refractivity contribution in [1.82, 2.24) is 5.32 Å². The largest absolute Gasteiger partial charge is 0.481 e. The molecule has 0 aliphatic heterocycles. The van der Waals surface area contributed by atoms with Gasteiger partial charge in [0.1, 0.15) is 0 Å². The van der Waals surface area contributed by atoms with Crippen LogP contribution in [0.3, 0.4) is 0 Å². The highest BCUT2D eigenvalue weighted by atomic mass is 16.4. The monoisotopic (exact) mass is 261 g/mol. The third-order valence-electron chi connectivity index (χ3n) is 4.28. The molecule has 1 aliphatic rings. The molecule has 3 heteroatoms. The van der Waals surface area contributed by atoms with E-state index in [1.165, 1.54) is 24.8 Å². The summed E-state index contributed by atoms with van der Waals surface area (Å²) >= 11 is 0. The van der Waals surface area contributed by atoms with E-state index in [1.807, 2.05) is 24.3 Å². The standard InChI is InChI=1S/C16H23NO2/c1-11-4-3-5-15(11)17-10-13-6-8-14(9-7-13)12(2)16(18)19/h6-9,11-12,15,17H,3-5,10H2,1-2H3,(H,18,19). The van der Waals surface area contributed by atoms with Crippen molar-refractivity contribution in [3.63, 3.8) is 0 Å². The molecule has 3 nitrogen and oxygen atoms in total. The molecular weight excluding hydrogens is 238 g/mol. The van der Waals surface area contributed by atoms with Crippen LogP contribution in [0.1, 0.15) is 50.2 Å². The maximum Gasteiger partial charge on any atom is 0.310 e. The third-order valence-corrected chi connectivity index (χ3v) is 4.28. The summed E-state index contributed by atoms with van der Waals surface area (Å²) < 4.78 is 0. The van der Waals surface area contributed by atoms with Gasteiger partial charge in [0.15, 0.2) is 0 Å². The van der Waals surface area contributed by atoms with Crippen LogP contribution in [0.25, 0.3) is 0 Å². The van der Waals surface area contributed by atoms with Crippen LogP contribution in [0.15, 0.2) is 24.3 Å². The van der Waals surface area contributed by atoms with E-state index in [9.17, 15) is 4.79 Å². The first-order valence-corrected chi connectivity index (χ1v) is 7.13. The van der Waals surface area contributed by atoms with E-state index in [1.54, 1.807) is 6.92 Å². The predicted molar refractivity (Wildman–Crippen MR) is 76.1 cm³/mol. The van der Waals surface area contributed by atoms with E-state index in [0.717, 1.165) is 18.0 Å². The summed E-state index contributed by atoms with van der Waals surface area (Å²) in [6.45, 7) is 4.90. The Hall–Kier alpha value is -1.35. The summed E-state index contributed by atoms with van der Waals surface area (Å²) in [5.74, 6) is -0.436. The SMILES string of the molecule is CC(C(=O)O)c1ccc(CNC2CCCC2C)cc1. The second-order valence-corrected chi connectivity index (χ2v) is 5.70. The molecule has 0 spiro atoms. The lowest BCUT2D eigenvalue weighted by atomic mass is 10.00. The molecule has 1 aliphatic carbocycles. The number of aliphatic carboxylic acids is 1. The minimum atomic E-state index is -0.773. The lowest BCUT2D eigenvalue weighted by molar-refractivity contribution is -0.138. The Morgan fingerprint density at radius 3 is 2.58 bits per heavy atom. The Labute approximate surface area is 115 Å². The van der Waals surface area contributed by atoms with Crippen molar-refractivity contribution in [2.75, 3.05) is 0 Å². The van der Waals surface area contributed by atoms with Gasteiger partial charge < -0.3 is 10.4 Å². The Bertz CT molecular complexity index is 427. The summed E-state index contributed by atoms with van der Waals surface area (Å²) in [7, 11) is 0. The zero-order valence-corrected chi connectivity index (χ0v) is 11.7. The molecule has 2 N–H and O–H groups in total. The fourth-order valence-corrected chi connectivity index (χ4v) is 2.76. The van der Waals surface area contributed by atoms with Gasteiger partial charge in [0.2, 0.25) is 0 Å². The molecule has 3 atom stereocenters. The summed E-state index contributed by atoms with van der Waals surface area (Å²) in [5.41, 5.74) is 2.09. The average molecular weight is 261 g/mol. The first-order valence-electron chi connectivity index (χ1n) is 7.13. The molecule has 1 fully saturated rings. The molecule has 0 amide bonds. The van der Waals surface area contributed by atoms with Crippen LogP contribution in [-0.4, -0.2) is 17.1 Å². The van der Waals surface area contributed by atoms with E-state index < -0.39 is 11.9 Å². The molecule has 104 valence electrons. The van der Waals surface area contributed by atoms with Crippen molar-refractivity contribution >= 4 is 5.97 Å². The van der Waals surface area contributed by atoms with Crippen LogP contribution in [0, 0.1) is 5.92 Å². The van der Waals surface area contributed by atoms with Crippen molar-refractivity contribution in [2.24, 2.45) is 5.92 Å². The van der Waals surface area contributed by atoms with Gasteiger partial charge in [-0.1, -0.05) is 37.6 Å². The highest BCUT2D eigenvalue weighted by Gasteiger charge is 2.22. The van der Waals surface area contributed by atoms with Gasteiger partial charge in [-0.25, -0.2) is 0 Å². The number of carboxylic acid groups (broad SMARTS) is 1. The number of hydrogen-bond acceptors (Lipinski definition) is 2. The number of nitrogens with one attached hydrogen (secondary N) is 1. The maximum absolute atomic E-state index is 10.9. The molecule has 1 aromatic carbocycles. The van der Waals surface area contributed by atoms with Gasteiger partial charge >= 0.3 is 5.97 Å². The number of benzene rings is 1. The molecule has 2 rings (SSSR count). The van der Waals surface area contributed by atoms with Crippen LogP contribution in [0.4, 0.5) is 0 Å². The summed E-state index contributed by atoms with van der Waals surface area (Å²) in [4.78, 5) is 10.9. The number of rotatable bonds is 5. The predicted octanol–water partition coefficient (Wildman–Crippen LogP) is 3.15. The highest BCUT2D eigenvalue weighted by Crippen LogP contribution is 2.25. The molecule has 19 heavy (non-hydrogen) atoms. The Balaban J connectivity index is 1.90. The maximum atomic E-state index is 10.9. The second-order valence-electron chi connectivity index (χ2n) is 5.70. The molecule has 3 unspecified atom stereocenters. The van der Waals surface area contributed by atoms with Crippen molar-refractivity contribution in [1.29, 1.82) is 0 Å². The Morgan fingerprint density at radius 2 is 2.05 bits per heavy atom. The molecule has 0 radical (unpaired) electrons. The fourth-order valence-electron chi connectivity index (χ4n) is 2.76. The quantitative estimate of drug-likeness (QED) is 0.856. The molecule has 1 aromatic rings. The van der Waals surface area contributed by atoms with Gasteiger partial charge in [-0.05, 0) is 36.8 Å². The third kappa shape index (κ3) is 3.57. The van der Waals surface area contributed by atoms with E-state index in [4.69, 9.17) is 5.11 Å². The highest BCUT2D eigenvalue weighted by molar-refractivity contribution is 5.75. The van der Waals surface area contributed by atoms with Gasteiger partial charge in [0.05, 0.1) is 5.92 Å². The second kappa shape index (κ2) is 6.20. The van der Waals surface area contributed by atoms with E-state index in [2.05, 4.69) is 12.2 Å². The van der Waals surface area contributed by atoms with Gasteiger partial charge in [-0.15, -0.1) is 0 Å². The average Bonchev–Trinajstić information content (AvgIpc) is 2.81. The number of carboxylic acids is 1. The van der Waals surface area contributed by atoms with Gasteiger partial charge in [-0.3, -0.25) is 4.79 Å². The van der Waals surface area contributed by atoms with Gasteiger partial charge in [0.25, 0.3) is 0 Å². The topological polar surface area (TPSA) is 49.3 Å². The van der Waals surface area contributed by atoms with Crippen molar-refractivity contribution in [3.05, 3.63) is 35.4 Å². The Morgan fingerprint density at radius 1 is 1.37 bits per heavy atom. The normalized spacial score (nSPS) is 24.3. The number of hydrogen-bond donors (Lipinski definition) is 2. The van der Waals surface area contributed by atoms with E-state index in [0.29, 0.717) is 6.04 Å². The van der Waals surface area contributed by atoms with Gasteiger partial charge in [-0.2, -0.15) is 0 Å². The smallest absolute Gasteiger partial charge is 0.310 e. The summed E-state index contributed by atoms with van der Waals surface area (Å²) in [6.07, 6.45) is 3.93. The molecule has 0 saturated heterocycles. The summed E-state index contributed by atoms with van der Waals surface area (Å²) in [6, 6.07) is 8.54. The summed E-state index contributed by atoms with van der Waals surface area (Å²) in [5, 5.41) is 12.6. The minimum absolute atomic E-state index is 0.433. The molecule has 0 bridgehead atoms. The lowest BCUT2D eigenvalue weighted by Gasteiger charge is -2.17. The molecule has 1 saturated carbocycles. The van der Waals surface area contributed by atoms with Crippen molar-refractivity contribution < 1.29 is 9.90 Å².